The van der Waals surface area contributed by atoms with E-state index in [4.69, 9.17) is 28.4 Å². The summed E-state index contributed by atoms with van der Waals surface area (Å²) < 4.78 is 32.8. The fraction of sp³-hybridized carbons (Fsp3) is 1.00. The van der Waals surface area contributed by atoms with Crippen LogP contribution < -0.4 is 0 Å². The lowest BCUT2D eigenvalue weighted by atomic mass is 9.70. The van der Waals surface area contributed by atoms with Gasteiger partial charge in [-0.1, -0.05) is 13.8 Å². The summed E-state index contributed by atoms with van der Waals surface area (Å²) in [5.74, 6) is 0. The van der Waals surface area contributed by atoms with Gasteiger partial charge in [0.25, 0.3) is 0 Å². The molecule has 4 heterocycles. The van der Waals surface area contributed by atoms with Crippen molar-refractivity contribution in [2.45, 2.75) is 56.1 Å². The van der Waals surface area contributed by atoms with Crippen molar-refractivity contribution >= 4 is 0 Å². The number of rotatable bonds is 12. The Balaban J connectivity index is 1.31. The highest BCUT2D eigenvalue weighted by Crippen LogP contribution is 2.52. The third-order valence-electron chi connectivity index (χ3n) is 5.49. The Hall–Kier alpha value is -0.320. The summed E-state index contributed by atoms with van der Waals surface area (Å²) in [6, 6.07) is 0. The number of ether oxygens (including phenoxy) is 6. The molecule has 8 heteroatoms. The molecule has 0 radical (unpaired) electrons. The van der Waals surface area contributed by atoms with Crippen molar-refractivity contribution < 1.29 is 38.6 Å². The lowest BCUT2D eigenvalue weighted by Gasteiger charge is -2.40. The normalized spacial score (nSPS) is 41.3. The van der Waals surface area contributed by atoms with E-state index in [0.29, 0.717) is 26.4 Å². The number of epoxide rings is 4. The Bertz CT molecular complexity index is 443. The van der Waals surface area contributed by atoms with Gasteiger partial charge in [0.05, 0.1) is 46.2 Å². The predicted molar refractivity (Wildman–Crippen MR) is 84.3 cm³/mol. The van der Waals surface area contributed by atoms with E-state index in [-0.39, 0.29) is 31.0 Å². The van der Waals surface area contributed by atoms with Crippen LogP contribution in [0, 0.1) is 5.41 Å². The van der Waals surface area contributed by atoms with E-state index in [2.05, 4.69) is 0 Å². The molecule has 0 aromatic rings. The topological polar surface area (TPSA) is 109 Å². The van der Waals surface area contributed by atoms with Crippen molar-refractivity contribution in [2.24, 2.45) is 5.41 Å². The first-order valence-electron chi connectivity index (χ1n) is 8.98. The second kappa shape index (κ2) is 6.69. The van der Waals surface area contributed by atoms with Crippen LogP contribution in [0.1, 0.15) is 13.8 Å². The van der Waals surface area contributed by atoms with Gasteiger partial charge in [-0.05, 0) is 0 Å². The monoisotopic (exact) mass is 360 g/mol. The summed E-state index contributed by atoms with van der Waals surface area (Å²) in [5.41, 5.74) is -2.07. The maximum Gasteiger partial charge on any atom is 0.129 e. The largest absolute Gasteiger partial charge is 0.396 e. The van der Waals surface area contributed by atoms with Crippen LogP contribution in [-0.2, 0) is 28.4 Å². The average Bonchev–Trinajstić information content (AvgIpc) is 3.44. The van der Waals surface area contributed by atoms with Crippen LogP contribution in [0.2, 0.25) is 0 Å². The SMILES string of the molecule is CC(C)(CO)C(O)(C1OC1COCC1CO1)C1OC1COCC1CO1. The molecule has 4 fully saturated rings. The van der Waals surface area contributed by atoms with Crippen LogP contribution in [0.4, 0.5) is 0 Å². The minimum absolute atomic E-state index is 0.170. The molecule has 25 heavy (non-hydrogen) atoms. The van der Waals surface area contributed by atoms with Gasteiger partial charge in [0.15, 0.2) is 0 Å². The van der Waals surface area contributed by atoms with E-state index in [1.807, 2.05) is 13.8 Å². The highest BCUT2D eigenvalue weighted by Gasteiger charge is 2.70. The number of hydrogen-bond donors (Lipinski definition) is 2. The number of hydrogen-bond acceptors (Lipinski definition) is 8. The van der Waals surface area contributed by atoms with E-state index in [1.54, 1.807) is 0 Å². The maximum absolute atomic E-state index is 11.4. The zero-order valence-electron chi connectivity index (χ0n) is 14.8. The lowest BCUT2D eigenvalue weighted by molar-refractivity contribution is -0.123. The molecule has 4 aliphatic rings. The second-order valence-electron chi connectivity index (χ2n) is 8.04. The first-order chi connectivity index (χ1) is 12.0. The first kappa shape index (κ1) is 18.1. The molecule has 6 unspecified atom stereocenters. The molecule has 144 valence electrons. The van der Waals surface area contributed by atoms with Crippen LogP contribution in [0.5, 0.6) is 0 Å². The van der Waals surface area contributed by atoms with Crippen LogP contribution >= 0.6 is 0 Å². The summed E-state index contributed by atoms with van der Waals surface area (Å²) in [7, 11) is 0. The quantitative estimate of drug-likeness (QED) is 0.431. The highest BCUT2D eigenvalue weighted by atomic mass is 16.7. The van der Waals surface area contributed by atoms with Gasteiger partial charge in [-0.15, -0.1) is 0 Å². The molecule has 0 bridgehead atoms. The van der Waals surface area contributed by atoms with Crippen molar-refractivity contribution in [3.05, 3.63) is 0 Å². The summed E-state index contributed by atoms with van der Waals surface area (Å²) in [5, 5.41) is 21.2. The van der Waals surface area contributed by atoms with Gasteiger partial charge in [0, 0.05) is 5.41 Å². The highest BCUT2D eigenvalue weighted by molar-refractivity contribution is 5.18. The summed E-state index contributed by atoms with van der Waals surface area (Å²) >= 11 is 0. The lowest BCUT2D eigenvalue weighted by Crippen LogP contribution is -2.57. The summed E-state index contributed by atoms with van der Waals surface area (Å²) in [4.78, 5) is 0. The van der Waals surface area contributed by atoms with E-state index in [1.165, 1.54) is 0 Å². The van der Waals surface area contributed by atoms with Crippen molar-refractivity contribution in [1.82, 2.24) is 0 Å². The van der Waals surface area contributed by atoms with E-state index < -0.39 is 23.2 Å². The van der Waals surface area contributed by atoms with Gasteiger partial charge in [-0.25, -0.2) is 0 Å². The molecule has 2 N–H and O–H groups in total. The van der Waals surface area contributed by atoms with Gasteiger partial charge in [-0.3, -0.25) is 0 Å². The molecular formula is C17H28O8. The van der Waals surface area contributed by atoms with Crippen molar-refractivity contribution in [1.29, 1.82) is 0 Å². The van der Waals surface area contributed by atoms with Gasteiger partial charge in [0.1, 0.15) is 42.2 Å². The Kier molecular flexibility index (Phi) is 4.83. The number of aliphatic hydroxyl groups excluding tert-OH is 1. The molecule has 4 rings (SSSR count). The molecule has 4 saturated heterocycles. The molecule has 0 aromatic carbocycles. The van der Waals surface area contributed by atoms with Crippen molar-refractivity contribution in [3.8, 4) is 0 Å². The van der Waals surface area contributed by atoms with Crippen LogP contribution in [0.3, 0.4) is 0 Å². The predicted octanol–water partition coefficient (Wildman–Crippen LogP) is -0.898. The van der Waals surface area contributed by atoms with E-state index in [0.717, 1.165) is 13.2 Å². The maximum atomic E-state index is 11.4. The van der Waals surface area contributed by atoms with Crippen LogP contribution in [0.25, 0.3) is 0 Å². The zero-order chi connectivity index (χ0) is 17.7. The standard InChI is InChI=1S/C17H28O8/c1-16(2,9-18)17(19,14-12(24-14)7-20-3-10-5-22-10)15-13(25-15)8-21-4-11-6-23-11/h10-15,18-19H,3-9H2,1-2H3. The van der Waals surface area contributed by atoms with Gasteiger partial charge in [-0.2, -0.15) is 0 Å². The van der Waals surface area contributed by atoms with Gasteiger partial charge < -0.3 is 38.6 Å². The van der Waals surface area contributed by atoms with E-state index in [9.17, 15) is 10.2 Å². The Labute approximate surface area is 147 Å². The molecule has 0 amide bonds. The molecule has 0 aliphatic carbocycles. The Morgan fingerprint density at radius 2 is 1.32 bits per heavy atom. The van der Waals surface area contributed by atoms with E-state index >= 15 is 0 Å². The number of aliphatic hydroxyl groups is 2. The molecule has 0 spiro atoms. The first-order valence-corrected chi connectivity index (χ1v) is 8.98. The average molecular weight is 360 g/mol. The minimum atomic E-state index is -1.30. The van der Waals surface area contributed by atoms with Gasteiger partial charge >= 0.3 is 0 Å². The van der Waals surface area contributed by atoms with Crippen molar-refractivity contribution in [3.63, 3.8) is 0 Å². The molecule has 6 atom stereocenters. The fourth-order valence-electron chi connectivity index (χ4n) is 3.33. The minimum Gasteiger partial charge on any atom is -0.396 e. The summed E-state index contributed by atoms with van der Waals surface area (Å²) in [6.07, 6.45) is -0.823. The molecule has 8 nitrogen and oxygen atoms in total. The second-order valence-corrected chi connectivity index (χ2v) is 8.04. The van der Waals surface area contributed by atoms with Crippen molar-refractivity contribution in [2.75, 3.05) is 46.2 Å². The van der Waals surface area contributed by atoms with Crippen LogP contribution in [0.15, 0.2) is 0 Å². The molecular weight excluding hydrogens is 332 g/mol. The molecule has 0 aromatic heterocycles. The smallest absolute Gasteiger partial charge is 0.129 e. The fourth-order valence-corrected chi connectivity index (χ4v) is 3.33. The Morgan fingerprint density at radius 3 is 1.68 bits per heavy atom. The third-order valence-corrected chi connectivity index (χ3v) is 5.49. The zero-order valence-corrected chi connectivity index (χ0v) is 14.8. The summed E-state index contributed by atoms with van der Waals surface area (Å²) in [6.45, 7) is 6.88. The van der Waals surface area contributed by atoms with Gasteiger partial charge in [0.2, 0.25) is 0 Å². The molecule has 4 aliphatic heterocycles. The third kappa shape index (κ3) is 3.86. The molecule has 0 saturated carbocycles. The van der Waals surface area contributed by atoms with Crippen LogP contribution in [-0.4, -0.2) is 98.7 Å². The Morgan fingerprint density at radius 1 is 0.880 bits per heavy atom.